The molecule has 2 N–H and O–H groups in total. The summed E-state index contributed by atoms with van der Waals surface area (Å²) in [5.74, 6) is -1.44. The Morgan fingerprint density at radius 1 is 1.15 bits per heavy atom. The molecule has 0 saturated heterocycles. The van der Waals surface area contributed by atoms with Crippen molar-refractivity contribution in [2.45, 2.75) is 58.4 Å². The maximum absolute atomic E-state index is 13.6. The largest absolute Gasteiger partial charge is 0.484 e. The van der Waals surface area contributed by atoms with Gasteiger partial charge in [-0.2, -0.15) is 0 Å². The van der Waals surface area contributed by atoms with E-state index in [-0.39, 0.29) is 29.0 Å². The number of hydrogen-bond donors (Lipinski definition) is 2. The summed E-state index contributed by atoms with van der Waals surface area (Å²) in [6.07, 6.45) is -0.927. The quantitative estimate of drug-likeness (QED) is 0.445. The third-order valence-electron chi connectivity index (χ3n) is 5.49. The van der Waals surface area contributed by atoms with Crippen molar-refractivity contribution in [3.05, 3.63) is 63.9 Å². The summed E-state index contributed by atoms with van der Waals surface area (Å²) >= 11 is 5.85. The summed E-state index contributed by atoms with van der Waals surface area (Å²) in [5, 5.41) is 5.68. The van der Waals surface area contributed by atoms with Crippen molar-refractivity contribution < 1.29 is 28.2 Å². The van der Waals surface area contributed by atoms with Gasteiger partial charge in [-0.05, 0) is 57.2 Å². The van der Waals surface area contributed by atoms with Gasteiger partial charge in [0.25, 0.3) is 5.91 Å². The number of nitrogens with one attached hydrogen (secondary N) is 2. The zero-order chi connectivity index (χ0) is 25.2. The van der Waals surface area contributed by atoms with Gasteiger partial charge in [0, 0.05) is 22.7 Å². The number of halogens is 2. The summed E-state index contributed by atoms with van der Waals surface area (Å²) in [5.41, 5.74) is 0.0174. The zero-order valence-electron chi connectivity index (χ0n) is 19.7. The summed E-state index contributed by atoms with van der Waals surface area (Å²) in [6.45, 7) is 8.69. The van der Waals surface area contributed by atoms with E-state index in [0.29, 0.717) is 16.9 Å². The van der Waals surface area contributed by atoms with Crippen molar-refractivity contribution in [2.24, 2.45) is 0 Å². The fraction of sp³-hybridized carbons (Fsp3) is 0.400. The average molecular weight is 491 g/mol. The van der Waals surface area contributed by atoms with Crippen LogP contribution in [-0.2, 0) is 9.53 Å². The average Bonchev–Trinajstić information content (AvgIpc) is 2.75. The van der Waals surface area contributed by atoms with E-state index in [4.69, 9.17) is 21.1 Å². The molecule has 3 rings (SSSR count). The van der Waals surface area contributed by atoms with E-state index >= 15 is 0 Å². The molecule has 0 aromatic heterocycles. The normalized spacial score (nSPS) is 18.6. The Hall–Kier alpha value is -2.97. The van der Waals surface area contributed by atoms with Crippen LogP contribution in [-0.4, -0.2) is 42.0 Å². The first kappa shape index (κ1) is 25.6. The van der Waals surface area contributed by atoms with Gasteiger partial charge in [0.1, 0.15) is 17.2 Å². The number of esters is 1. The Labute approximate surface area is 203 Å². The van der Waals surface area contributed by atoms with Crippen molar-refractivity contribution in [2.75, 3.05) is 6.54 Å². The van der Waals surface area contributed by atoms with Crippen LogP contribution in [0.2, 0.25) is 5.02 Å². The molecule has 182 valence electrons. The minimum atomic E-state index is -1.02. The van der Waals surface area contributed by atoms with E-state index < -0.39 is 35.4 Å². The number of hydrogen-bond acceptors (Lipinski definition) is 6. The van der Waals surface area contributed by atoms with Gasteiger partial charge < -0.3 is 20.1 Å². The van der Waals surface area contributed by atoms with Gasteiger partial charge in [0.2, 0.25) is 0 Å². The van der Waals surface area contributed by atoms with Crippen molar-refractivity contribution in [1.82, 2.24) is 10.6 Å². The highest BCUT2D eigenvalue weighted by Crippen LogP contribution is 2.42. The lowest BCUT2D eigenvalue weighted by Crippen LogP contribution is -2.56. The predicted molar refractivity (Wildman–Crippen MR) is 126 cm³/mol. The molecule has 2 atom stereocenters. The highest BCUT2D eigenvalue weighted by Gasteiger charge is 2.47. The maximum Gasteiger partial charge on any atom is 0.320 e. The Morgan fingerprint density at radius 2 is 1.82 bits per heavy atom. The molecule has 34 heavy (non-hydrogen) atoms. The minimum absolute atomic E-state index is 0.0289. The Balaban J connectivity index is 2.01. The molecule has 1 aliphatic rings. The molecule has 2 aromatic carbocycles. The van der Waals surface area contributed by atoms with E-state index in [9.17, 15) is 18.8 Å². The Kier molecular flexibility index (Phi) is 7.63. The second kappa shape index (κ2) is 10.1. The smallest absolute Gasteiger partial charge is 0.320 e. The molecule has 0 saturated carbocycles. The number of ketones is 1. The van der Waals surface area contributed by atoms with Crippen LogP contribution in [0.15, 0.2) is 36.4 Å². The molecule has 0 bridgehead atoms. The molecule has 0 unspecified atom stereocenters. The number of rotatable bonds is 7. The zero-order valence-corrected chi connectivity index (χ0v) is 20.5. The first-order chi connectivity index (χ1) is 15.9. The lowest BCUT2D eigenvalue weighted by molar-refractivity contribution is -0.164. The van der Waals surface area contributed by atoms with Crippen LogP contribution < -0.4 is 15.4 Å². The SMILES string of the molecule is CC(=O)c1ccc2c(c1)[C@@H](NC(=O)c1ccc(F)c(Cl)c1)[C@H](OC(=O)CNC(C)C)C(C)(C)O2. The first-order valence-corrected chi connectivity index (χ1v) is 11.3. The van der Waals surface area contributed by atoms with Gasteiger partial charge in [-0.3, -0.25) is 14.4 Å². The fourth-order valence-electron chi connectivity index (χ4n) is 3.71. The molecule has 1 heterocycles. The standard InChI is InChI=1S/C25H28ClFN2O5/c1-13(2)28-12-21(31)33-23-22(29-24(32)16-6-8-19(27)18(26)11-16)17-10-15(14(3)30)7-9-20(17)34-25(23,4)5/h6-11,13,22-23,28H,12H2,1-5H3,(H,29,32)/t22-,23+/m1/s1. The third-order valence-corrected chi connectivity index (χ3v) is 5.78. The van der Waals surface area contributed by atoms with Gasteiger partial charge in [0.05, 0.1) is 17.6 Å². The molecule has 0 fully saturated rings. The van der Waals surface area contributed by atoms with E-state index in [1.165, 1.54) is 19.1 Å². The van der Waals surface area contributed by atoms with Crippen molar-refractivity contribution >= 4 is 29.3 Å². The maximum atomic E-state index is 13.6. The number of carbonyl (C=O) groups excluding carboxylic acids is 3. The Bertz CT molecular complexity index is 1120. The molecule has 0 aliphatic carbocycles. The second-order valence-corrected chi connectivity index (χ2v) is 9.45. The van der Waals surface area contributed by atoms with Crippen molar-refractivity contribution in [3.8, 4) is 5.75 Å². The third kappa shape index (κ3) is 5.74. The van der Waals surface area contributed by atoms with Crippen LogP contribution in [0.3, 0.4) is 0 Å². The molecule has 2 aromatic rings. The molecule has 1 amide bonds. The van der Waals surface area contributed by atoms with E-state index in [0.717, 1.165) is 6.07 Å². The lowest BCUT2D eigenvalue weighted by Gasteiger charge is -2.44. The summed E-state index contributed by atoms with van der Waals surface area (Å²) in [4.78, 5) is 37.7. The Morgan fingerprint density at radius 3 is 2.44 bits per heavy atom. The molecule has 9 heteroatoms. The second-order valence-electron chi connectivity index (χ2n) is 9.04. The fourth-order valence-corrected chi connectivity index (χ4v) is 3.89. The van der Waals surface area contributed by atoms with Crippen LogP contribution in [0.5, 0.6) is 5.75 Å². The van der Waals surface area contributed by atoms with Gasteiger partial charge in [-0.25, -0.2) is 4.39 Å². The number of amides is 1. The van der Waals surface area contributed by atoms with Crippen LogP contribution in [0.1, 0.15) is 66.9 Å². The molecule has 0 radical (unpaired) electrons. The number of ether oxygens (including phenoxy) is 2. The summed E-state index contributed by atoms with van der Waals surface area (Å²) in [7, 11) is 0. The van der Waals surface area contributed by atoms with Gasteiger partial charge in [-0.15, -0.1) is 0 Å². The molecule has 7 nitrogen and oxygen atoms in total. The molecular weight excluding hydrogens is 463 g/mol. The molecule has 0 spiro atoms. The molecule has 1 aliphatic heterocycles. The van der Waals surface area contributed by atoms with Gasteiger partial charge in [0.15, 0.2) is 11.9 Å². The topological polar surface area (TPSA) is 93.7 Å². The number of benzene rings is 2. The highest BCUT2D eigenvalue weighted by molar-refractivity contribution is 6.31. The molecular formula is C25H28ClFN2O5. The van der Waals surface area contributed by atoms with E-state index in [1.807, 2.05) is 13.8 Å². The highest BCUT2D eigenvalue weighted by atomic mass is 35.5. The van der Waals surface area contributed by atoms with Crippen molar-refractivity contribution in [1.29, 1.82) is 0 Å². The van der Waals surface area contributed by atoms with Crippen molar-refractivity contribution in [3.63, 3.8) is 0 Å². The number of carbonyl (C=O) groups is 3. The van der Waals surface area contributed by atoms with Gasteiger partial charge >= 0.3 is 5.97 Å². The summed E-state index contributed by atoms with van der Waals surface area (Å²) in [6, 6.07) is 7.75. The van der Waals surface area contributed by atoms with E-state index in [2.05, 4.69) is 10.6 Å². The number of Topliss-reactive ketones (excluding diaryl/α,β-unsaturated/α-hetero) is 1. The predicted octanol–water partition coefficient (Wildman–Crippen LogP) is 4.23. The van der Waals surface area contributed by atoms with Gasteiger partial charge in [-0.1, -0.05) is 25.4 Å². The minimum Gasteiger partial charge on any atom is -0.484 e. The number of fused-ring (bicyclic) bond motifs is 1. The monoisotopic (exact) mass is 490 g/mol. The lowest BCUT2D eigenvalue weighted by atomic mass is 9.85. The summed E-state index contributed by atoms with van der Waals surface area (Å²) < 4.78 is 25.5. The van der Waals surface area contributed by atoms with Crippen LogP contribution in [0, 0.1) is 5.82 Å². The first-order valence-electron chi connectivity index (χ1n) is 10.9. The van der Waals surface area contributed by atoms with Crippen LogP contribution >= 0.6 is 11.6 Å². The van der Waals surface area contributed by atoms with Crippen LogP contribution in [0.25, 0.3) is 0 Å². The van der Waals surface area contributed by atoms with Crippen LogP contribution in [0.4, 0.5) is 4.39 Å². The van der Waals surface area contributed by atoms with E-state index in [1.54, 1.807) is 32.0 Å².